The number of nitrogens with one attached hydrogen (secondary N) is 2. The number of urea groups is 1. The number of fused-ring (bicyclic) bond motifs is 1. The van der Waals surface area contributed by atoms with Gasteiger partial charge in [0, 0.05) is 19.4 Å². The Morgan fingerprint density at radius 3 is 3.04 bits per heavy atom. The topological polar surface area (TPSA) is 97.6 Å². The fraction of sp³-hybridized carbons (Fsp3) is 0.643. The van der Waals surface area contributed by atoms with E-state index in [0.717, 1.165) is 55.3 Å². The molecule has 0 aliphatic carbocycles. The highest BCUT2D eigenvalue weighted by Crippen LogP contribution is 2.23. The van der Waals surface area contributed by atoms with Crippen molar-refractivity contribution < 1.29 is 4.79 Å². The molecule has 0 spiro atoms. The predicted molar refractivity (Wildman–Crippen MR) is 87.4 cm³/mol. The molecule has 3 rings (SSSR count). The summed E-state index contributed by atoms with van der Waals surface area (Å²) >= 11 is 1.41. The number of carbonyl (C=O) groups excluding carboxylic acids is 1. The molecule has 0 aromatic carbocycles. The van der Waals surface area contributed by atoms with Crippen molar-refractivity contribution in [1.29, 1.82) is 0 Å². The van der Waals surface area contributed by atoms with Gasteiger partial charge in [-0.05, 0) is 19.3 Å². The molecule has 3 heterocycles. The molecule has 0 fully saturated rings. The molecule has 1 aliphatic rings. The minimum absolute atomic E-state index is 0.111. The summed E-state index contributed by atoms with van der Waals surface area (Å²) < 4.78 is 1.90. The SMILES string of the molecule is CCCc1nnc(NC(=O)N[C@H]2CCCn3nc(CC)nc32)s1. The molecule has 2 aromatic rings. The van der Waals surface area contributed by atoms with E-state index in [-0.39, 0.29) is 12.1 Å². The van der Waals surface area contributed by atoms with Crippen molar-refractivity contribution in [3.05, 3.63) is 16.7 Å². The van der Waals surface area contributed by atoms with Gasteiger partial charge in [0.1, 0.15) is 10.8 Å². The van der Waals surface area contributed by atoms with Gasteiger partial charge < -0.3 is 5.32 Å². The second-order valence-corrected chi connectivity index (χ2v) is 6.57. The van der Waals surface area contributed by atoms with E-state index in [0.29, 0.717) is 5.13 Å². The minimum Gasteiger partial charge on any atom is -0.328 e. The van der Waals surface area contributed by atoms with Crippen LogP contribution >= 0.6 is 11.3 Å². The zero-order valence-electron chi connectivity index (χ0n) is 13.4. The normalized spacial score (nSPS) is 16.9. The number of carbonyl (C=O) groups is 1. The highest BCUT2D eigenvalue weighted by Gasteiger charge is 2.25. The smallest absolute Gasteiger partial charge is 0.321 e. The average Bonchev–Trinajstić information content (AvgIpc) is 3.14. The van der Waals surface area contributed by atoms with E-state index in [2.05, 4.69) is 37.8 Å². The molecule has 2 N–H and O–H groups in total. The third-order valence-electron chi connectivity index (χ3n) is 3.69. The Morgan fingerprint density at radius 2 is 2.26 bits per heavy atom. The van der Waals surface area contributed by atoms with Gasteiger partial charge in [0.2, 0.25) is 5.13 Å². The van der Waals surface area contributed by atoms with Gasteiger partial charge in [0.05, 0.1) is 6.04 Å². The molecule has 0 saturated heterocycles. The van der Waals surface area contributed by atoms with Crippen LogP contribution in [0.15, 0.2) is 0 Å². The summed E-state index contributed by atoms with van der Waals surface area (Å²) in [7, 11) is 0. The van der Waals surface area contributed by atoms with E-state index in [1.807, 2.05) is 11.6 Å². The molecule has 2 amide bonds. The largest absolute Gasteiger partial charge is 0.328 e. The molecule has 124 valence electrons. The molecule has 0 unspecified atom stereocenters. The molecule has 2 aromatic heterocycles. The first-order valence-electron chi connectivity index (χ1n) is 8.03. The van der Waals surface area contributed by atoms with Crippen LogP contribution in [-0.4, -0.2) is 31.0 Å². The zero-order chi connectivity index (χ0) is 16.2. The van der Waals surface area contributed by atoms with E-state index in [4.69, 9.17) is 0 Å². The third kappa shape index (κ3) is 3.66. The van der Waals surface area contributed by atoms with Crippen LogP contribution in [-0.2, 0) is 19.4 Å². The molecular formula is C14H21N7OS. The van der Waals surface area contributed by atoms with Crippen molar-refractivity contribution in [3.8, 4) is 0 Å². The number of nitrogens with zero attached hydrogens (tertiary/aromatic N) is 5. The molecular weight excluding hydrogens is 314 g/mol. The molecule has 0 saturated carbocycles. The van der Waals surface area contributed by atoms with Crippen LogP contribution in [0.2, 0.25) is 0 Å². The zero-order valence-corrected chi connectivity index (χ0v) is 14.2. The van der Waals surface area contributed by atoms with Gasteiger partial charge in [-0.25, -0.2) is 14.5 Å². The first kappa shape index (κ1) is 15.9. The summed E-state index contributed by atoms with van der Waals surface area (Å²) in [4.78, 5) is 16.7. The summed E-state index contributed by atoms with van der Waals surface area (Å²) in [6.45, 7) is 4.98. The molecule has 0 bridgehead atoms. The number of hydrogen-bond acceptors (Lipinski definition) is 6. The highest BCUT2D eigenvalue weighted by molar-refractivity contribution is 7.15. The van der Waals surface area contributed by atoms with Crippen LogP contribution in [0.4, 0.5) is 9.93 Å². The van der Waals surface area contributed by atoms with Crippen LogP contribution in [0.25, 0.3) is 0 Å². The summed E-state index contributed by atoms with van der Waals surface area (Å²) in [6, 6.07) is -0.386. The molecule has 0 radical (unpaired) electrons. The number of anilines is 1. The quantitative estimate of drug-likeness (QED) is 0.874. The Hall–Kier alpha value is -2.03. The fourth-order valence-corrected chi connectivity index (χ4v) is 3.43. The van der Waals surface area contributed by atoms with Crippen molar-refractivity contribution in [2.75, 3.05) is 5.32 Å². The Kier molecular flexibility index (Phi) is 4.85. The fourth-order valence-electron chi connectivity index (χ4n) is 2.60. The molecule has 1 aliphatic heterocycles. The Balaban J connectivity index is 1.63. The summed E-state index contributed by atoms with van der Waals surface area (Å²) in [6.07, 6.45) is 4.53. The number of aryl methyl sites for hydroxylation is 3. The van der Waals surface area contributed by atoms with Crippen LogP contribution in [0.3, 0.4) is 0 Å². The Morgan fingerprint density at radius 1 is 1.39 bits per heavy atom. The summed E-state index contributed by atoms with van der Waals surface area (Å²) in [5, 5.41) is 19.7. The second-order valence-electron chi connectivity index (χ2n) is 5.51. The predicted octanol–water partition coefficient (Wildman–Crippen LogP) is 2.30. The molecule has 8 nitrogen and oxygen atoms in total. The van der Waals surface area contributed by atoms with E-state index in [1.165, 1.54) is 11.3 Å². The van der Waals surface area contributed by atoms with Crippen molar-refractivity contribution in [3.63, 3.8) is 0 Å². The Bertz CT molecular complexity index is 680. The third-order valence-corrected chi connectivity index (χ3v) is 4.59. The van der Waals surface area contributed by atoms with E-state index < -0.39 is 0 Å². The lowest BCUT2D eigenvalue weighted by Gasteiger charge is -2.22. The summed E-state index contributed by atoms with van der Waals surface area (Å²) in [5.74, 6) is 1.66. The number of amides is 2. The second kappa shape index (κ2) is 7.03. The number of rotatable bonds is 5. The lowest BCUT2D eigenvalue weighted by molar-refractivity contribution is 0.244. The molecule has 23 heavy (non-hydrogen) atoms. The van der Waals surface area contributed by atoms with Gasteiger partial charge in [0.15, 0.2) is 5.82 Å². The average molecular weight is 335 g/mol. The van der Waals surface area contributed by atoms with Gasteiger partial charge in [-0.1, -0.05) is 25.2 Å². The lowest BCUT2D eigenvalue weighted by Crippen LogP contribution is -2.36. The Labute approximate surface area is 138 Å². The summed E-state index contributed by atoms with van der Waals surface area (Å²) in [5.41, 5.74) is 0. The van der Waals surface area contributed by atoms with Gasteiger partial charge in [0.25, 0.3) is 0 Å². The molecule has 1 atom stereocenters. The standard InChI is InChI=1S/C14H21N7OS/c1-3-6-11-18-19-14(23-11)17-13(22)15-9-7-5-8-21-12(9)16-10(4-2)20-21/h9H,3-8H2,1-2H3,(H2,15,17,19,22)/t9-/m0/s1. The van der Waals surface area contributed by atoms with Crippen LogP contribution < -0.4 is 10.6 Å². The maximum absolute atomic E-state index is 12.2. The highest BCUT2D eigenvalue weighted by atomic mass is 32.1. The number of aromatic nitrogens is 5. The van der Waals surface area contributed by atoms with Crippen LogP contribution in [0.5, 0.6) is 0 Å². The first-order chi connectivity index (χ1) is 11.2. The first-order valence-corrected chi connectivity index (χ1v) is 8.84. The van der Waals surface area contributed by atoms with Gasteiger partial charge in [-0.3, -0.25) is 5.32 Å². The van der Waals surface area contributed by atoms with Crippen molar-refractivity contribution in [2.24, 2.45) is 0 Å². The van der Waals surface area contributed by atoms with Crippen molar-refractivity contribution in [2.45, 2.75) is 58.5 Å². The maximum atomic E-state index is 12.2. The number of hydrogen-bond donors (Lipinski definition) is 2. The van der Waals surface area contributed by atoms with Gasteiger partial charge >= 0.3 is 6.03 Å². The molecule has 9 heteroatoms. The van der Waals surface area contributed by atoms with Crippen molar-refractivity contribution in [1.82, 2.24) is 30.3 Å². The van der Waals surface area contributed by atoms with Gasteiger partial charge in [-0.15, -0.1) is 10.2 Å². The van der Waals surface area contributed by atoms with Crippen molar-refractivity contribution >= 4 is 22.5 Å². The lowest BCUT2D eigenvalue weighted by atomic mass is 10.1. The van der Waals surface area contributed by atoms with E-state index in [9.17, 15) is 4.79 Å². The van der Waals surface area contributed by atoms with Gasteiger partial charge in [-0.2, -0.15) is 5.10 Å². The monoisotopic (exact) mass is 335 g/mol. The maximum Gasteiger partial charge on any atom is 0.321 e. The minimum atomic E-state index is -0.274. The van der Waals surface area contributed by atoms with E-state index >= 15 is 0 Å². The van der Waals surface area contributed by atoms with E-state index in [1.54, 1.807) is 0 Å². The van der Waals surface area contributed by atoms with Crippen LogP contribution in [0, 0.1) is 0 Å². The van der Waals surface area contributed by atoms with Crippen LogP contribution in [0.1, 0.15) is 55.8 Å².